The Morgan fingerprint density at radius 1 is 0.423 bits per heavy atom. The second-order valence-electron chi connectivity index (χ2n) is 6.62. The fourth-order valence-corrected chi connectivity index (χ4v) is 2.93. The Hall–Kier alpha value is -0.320. The van der Waals surface area contributed by atoms with Gasteiger partial charge in [-0.25, -0.2) is 0 Å². The molecular weight excluding hydrogens is 336 g/mol. The van der Waals surface area contributed by atoms with E-state index in [0.29, 0.717) is 6.54 Å². The van der Waals surface area contributed by atoms with E-state index in [1.165, 1.54) is 0 Å². The first-order valence-corrected chi connectivity index (χ1v) is 10.0. The molecule has 0 aromatic heterocycles. The number of aliphatic hydroxyl groups is 4. The van der Waals surface area contributed by atoms with Crippen LogP contribution in [0, 0.1) is 0 Å². The van der Waals surface area contributed by atoms with Crippen LogP contribution in [0.25, 0.3) is 0 Å². The van der Waals surface area contributed by atoms with Crippen LogP contribution in [-0.4, -0.2) is 127 Å². The molecule has 158 valence electrons. The maximum atomic E-state index is 9.16. The third kappa shape index (κ3) is 14.8. The van der Waals surface area contributed by atoms with Crippen molar-refractivity contribution in [1.82, 2.24) is 14.7 Å². The van der Waals surface area contributed by atoms with Crippen molar-refractivity contribution in [3.8, 4) is 0 Å². The third-order valence-electron chi connectivity index (χ3n) is 4.44. The predicted molar refractivity (Wildman–Crippen MR) is 105 cm³/mol. The van der Waals surface area contributed by atoms with Crippen LogP contribution in [0.5, 0.6) is 0 Å². The second kappa shape index (κ2) is 19.4. The van der Waals surface area contributed by atoms with Crippen LogP contribution in [0.4, 0.5) is 0 Å². The highest BCUT2D eigenvalue weighted by atomic mass is 16.3. The van der Waals surface area contributed by atoms with Crippen LogP contribution in [0.3, 0.4) is 0 Å². The Morgan fingerprint density at radius 3 is 0.962 bits per heavy atom. The van der Waals surface area contributed by atoms with Gasteiger partial charge in [0.2, 0.25) is 0 Å². The molecule has 8 nitrogen and oxygen atoms in total. The van der Waals surface area contributed by atoms with E-state index in [9.17, 15) is 0 Å². The van der Waals surface area contributed by atoms with Crippen molar-refractivity contribution in [2.24, 2.45) is 5.73 Å². The smallest absolute Gasteiger partial charge is 0.0443 e. The molecule has 0 aliphatic heterocycles. The van der Waals surface area contributed by atoms with Crippen LogP contribution in [-0.2, 0) is 0 Å². The van der Waals surface area contributed by atoms with Gasteiger partial charge in [-0.3, -0.25) is 0 Å². The zero-order valence-corrected chi connectivity index (χ0v) is 16.4. The Morgan fingerprint density at radius 2 is 0.692 bits per heavy atom. The zero-order chi connectivity index (χ0) is 19.5. The summed E-state index contributed by atoms with van der Waals surface area (Å²) in [4.78, 5) is 6.91. The van der Waals surface area contributed by atoms with E-state index in [1.54, 1.807) is 0 Å². The zero-order valence-electron chi connectivity index (χ0n) is 16.4. The van der Waals surface area contributed by atoms with Gasteiger partial charge in [-0.15, -0.1) is 0 Å². The van der Waals surface area contributed by atoms with Crippen LogP contribution in [0.15, 0.2) is 0 Å². The van der Waals surface area contributed by atoms with E-state index in [1.807, 2.05) is 0 Å². The minimum absolute atomic E-state index is 0.183. The monoisotopic (exact) mass is 378 g/mol. The van der Waals surface area contributed by atoms with Gasteiger partial charge in [0.15, 0.2) is 0 Å². The first kappa shape index (κ1) is 25.7. The third-order valence-corrected chi connectivity index (χ3v) is 4.44. The van der Waals surface area contributed by atoms with Gasteiger partial charge >= 0.3 is 0 Å². The van der Waals surface area contributed by atoms with E-state index >= 15 is 0 Å². The van der Waals surface area contributed by atoms with Gasteiger partial charge in [0.05, 0.1) is 0 Å². The van der Waals surface area contributed by atoms with Crippen molar-refractivity contribution in [3.05, 3.63) is 0 Å². The van der Waals surface area contributed by atoms with Crippen molar-refractivity contribution in [2.45, 2.75) is 25.7 Å². The van der Waals surface area contributed by atoms with Crippen molar-refractivity contribution in [2.75, 3.05) is 91.9 Å². The van der Waals surface area contributed by atoms with Gasteiger partial charge in [0.1, 0.15) is 0 Å². The fourth-order valence-electron chi connectivity index (χ4n) is 2.93. The van der Waals surface area contributed by atoms with Gasteiger partial charge < -0.3 is 40.9 Å². The Kier molecular flexibility index (Phi) is 19.2. The van der Waals surface area contributed by atoms with Crippen LogP contribution < -0.4 is 5.73 Å². The summed E-state index contributed by atoms with van der Waals surface area (Å²) in [6.45, 7) is 9.13. The maximum Gasteiger partial charge on any atom is 0.0443 e. The van der Waals surface area contributed by atoms with Crippen molar-refractivity contribution < 1.29 is 20.4 Å². The van der Waals surface area contributed by atoms with Crippen molar-refractivity contribution in [3.63, 3.8) is 0 Å². The molecule has 0 amide bonds. The van der Waals surface area contributed by atoms with Gasteiger partial charge in [-0.2, -0.15) is 0 Å². The van der Waals surface area contributed by atoms with Gasteiger partial charge in [-0.1, -0.05) is 0 Å². The molecule has 0 atom stereocenters. The number of hydrogen-bond acceptors (Lipinski definition) is 8. The molecule has 0 rings (SSSR count). The molecule has 0 radical (unpaired) electrons. The summed E-state index contributed by atoms with van der Waals surface area (Å²) in [5, 5.41) is 36.3. The van der Waals surface area contributed by atoms with Crippen LogP contribution in [0.1, 0.15) is 25.7 Å². The first-order chi connectivity index (χ1) is 12.7. The first-order valence-electron chi connectivity index (χ1n) is 10.0. The lowest BCUT2D eigenvalue weighted by molar-refractivity contribution is 0.150. The molecule has 0 bridgehead atoms. The Balaban J connectivity index is 4.44. The molecule has 8 heteroatoms. The summed E-state index contributed by atoms with van der Waals surface area (Å²) in [7, 11) is 0. The molecule has 0 aromatic rings. The summed E-state index contributed by atoms with van der Waals surface area (Å²) < 4.78 is 0. The van der Waals surface area contributed by atoms with Crippen LogP contribution in [0.2, 0.25) is 0 Å². The number of nitrogens with zero attached hydrogens (tertiary/aromatic N) is 3. The van der Waals surface area contributed by atoms with Gasteiger partial charge in [0, 0.05) is 91.9 Å². The largest absolute Gasteiger partial charge is 0.396 e. The topological polar surface area (TPSA) is 117 Å². The van der Waals surface area contributed by atoms with Gasteiger partial charge in [0.25, 0.3) is 0 Å². The second-order valence-corrected chi connectivity index (χ2v) is 6.62. The van der Waals surface area contributed by atoms with Crippen molar-refractivity contribution in [1.29, 1.82) is 0 Å². The van der Waals surface area contributed by atoms with E-state index in [-0.39, 0.29) is 26.4 Å². The highest BCUT2D eigenvalue weighted by Crippen LogP contribution is 2.00. The SMILES string of the molecule is NCCN(CCCO)CCN(CCCO)CCN(CCCO)CCCO. The van der Waals surface area contributed by atoms with Gasteiger partial charge in [-0.05, 0) is 25.7 Å². The minimum atomic E-state index is 0.183. The number of nitrogens with two attached hydrogens (primary N) is 1. The molecule has 0 fully saturated rings. The molecule has 0 unspecified atom stereocenters. The number of aliphatic hydroxyl groups excluding tert-OH is 4. The number of hydrogen-bond donors (Lipinski definition) is 5. The Bertz CT molecular complexity index is 280. The Labute approximate surface area is 159 Å². The summed E-state index contributed by atoms with van der Waals surface area (Å²) in [6.07, 6.45) is 2.99. The standard InChI is InChI=1S/C18H42N4O4/c19-5-10-21(8-3-17-25)12-14-22(9-4-18-26)13-11-20(6-1-15-23)7-2-16-24/h23-26H,1-19H2. The molecule has 0 aromatic carbocycles. The number of rotatable bonds is 20. The molecule has 0 heterocycles. The molecular formula is C18H42N4O4. The van der Waals surface area contributed by atoms with Crippen LogP contribution >= 0.6 is 0 Å². The highest BCUT2D eigenvalue weighted by Gasteiger charge is 2.11. The molecule has 26 heavy (non-hydrogen) atoms. The minimum Gasteiger partial charge on any atom is -0.396 e. The molecule has 0 spiro atoms. The lowest BCUT2D eigenvalue weighted by Gasteiger charge is -2.30. The highest BCUT2D eigenvalue weighted by molar-refractivity contribution is 4.67. The molecule has 0 saturated carbocycles. The quantitative estimate of drug-likeness (QED) is 0.172. The molecule has 6 N–H and O–H groups in total. The lowest BCUT2D eigenvalue weighted by atomic mass is 10.3. The summed E-state index contributed by atoms with van der Waals surface area (Å²) >= 11 is 0. The molecule has 0 aliphatic rings. The predicted octanol–water partition coefficient (Wildman–Crippen LogP) is -1.62. The van der Waals surface area contributed by atoms with E-state index in [0.717, 1.165) is 84.6 Å². The van der Waals surface area contributed by atoms with Crippen molar-refractivity contribution >= 4 is 0 Å². The normalized spacial score (nSPS) is 12.0. The summed E-state index contributed by atoms with van der Waals surface area (Å²) in [6, 6.07) is 0. The summed E-state index contributed by atoms with van der Waals surface area (Å²) in [5.41, 5.74) is 5.68. The van der Waals surface area contributed by atoms with E-state index in [2.05, 4.69) is 14.7 Å². The molecule has 0 saturated heterocycles. The van der Waals surface area contributed by atoms with E-state index < -0.39 is 0 Å². The summed E-state index contributed by atoms with van der Waals surface area (Å²) in [5.74, 6) is 0. The molecule has 0 aliphatic carbocycles. The van der Waals surface area contributed by atoms with E-state index in [4.69, 9.17) is 26.2 Å². The average Bonchev–Trinajstić information content (AvgIpc) is 2.66. The maximum absolute atomic E-state index is 9.16. The lowest BCUT2D eigenvalue weighted by Crippen LogP contribution is -2.42. The fraction of sp³-hybridized carbons (Fsp3) is 1.00. The average molecular weight is 379 g/mol.